The molecular formula is C13H16O5. The van der Waals surface area contributed by atoms with Gasteiger partial charge < -0.3 is 14.2 Å². The molecule has 1 aliphatic heterocycles. The summed E-state index contributed by atoms with van der Waals surface area (Å²) in [4.78, 5) is 22.2. The highest BCUT2D eigenvalue weighted by atomic mass is 16.6. The number of epoxide rings is 1. The maximum absolute atomic E-state index is 11.1. The van der Waals surface area contributed by atoms with Crippen LogP contribution in [0.25, 0.3) is 0 Å². The second-order valence-corrected chi connectivity index (χ2v) is 4.45. The van der Waals surface area contributed by atoms with Gasteiger partial charge in [-0.2, -0.15) is 0 Å². The van der Waals surface area contributed by atoms with Crippen molar-refractivity contribution in [2.45, 2.75) is 30.5 Å². The highest BCUT2D eigenvalue weighted by Crippen LogP contribution is 2.61. The first-order valence-electron chi connectivity index (χ1n) is 5.82. The van der Waals surface area contributed by atoms with Crippen LogP contribution < -0.4 is 0 Å². The van der Waals surface area contributed by atoms with Crippen molar-refractivity contribution in [3.05, 3.63) is 24.3 Å². The van der Waals surface area contributed by atoms with E-state index < -0.39 is 23.1 Å². The molecule has 0 bridgehead atoms. The summed E-state index contributed by atoms with van der Waals surface area (Å²) in [7, 11) is 2.66. The Kier molecular flexibility index (Phi) is 3.26. The molecule has 2 aliphatic rings. The van der Waals surface area contributed by atoms with Crippen LogP contribution in [0.15, 0.2) is 24.3 Å². The molecular weight excluding hydrogens is 236 g/mol. The highest BCUT2D eigenvalue weighted by molar-refractivity contribution is 5.83. The molecule has 2 fully saturated rings. The average Bonchev–Trinajstić information content (AvgIpc) is 2.89. The molecule has 1 saturated carbocycles. The Morgan fingerprint density at radius 2 is 1.44 bits per heavy atom. The van der Waals surface area contributed by atoms with Crippen LogP contribution in [0, 0.1) is 0 Å². The molecule has 0 radical (unpaired) electrons. The van der Waals surface area contributed by atoms with E-state index in [1.165, 1.54) is 26.4 Å². The summed E-state index contributed by atoms with van der Waals surface area (Å²) in [6.45, 7) is 0. The van der Waals surface area contributed by atoms with E-state index in [-0.39, 0.29) is 0 Å². The van der Waals surface area contributed by atoms with Crippen molar-refractivity contribution in [3.63, 3.8) is 0 Å². The van der Waals surface area contributed by atoms with Crippen LogP contribution in [0.3, 0.4) is 0 Å². The van der Waals surface area contributed by atoms with Crippen LogP contribution in [0.4, 0.5) is 0 Å². The van der Waals surface area contributed by atoms with Gasteiger partial charge >= 0.3 is 11.9 Å². The number of carbonyl (C=O) groups excluding carboxylic acids is 2. The van der Waals surface area contributed by atoms with Crippen LogP contribution >= 0.6 is 0 Å². The molecule has 5 heteroatoms. The molecule has 0 aromatic carbocycles. The quantitative estimate of drug-likeness (QED) is 0.426. The summed E-state index contributed by atoms with van der Waals surface area (Å²) in [6.07, 6.45) is 8.88. The number of ether oxygens (including phenoxy) is 3. The fourth-order valence-electron chi connectivity index (χ4n) is 2.50. The van der Waals surface area contributed by atoms with Gasteiger partial charge in [0.15, 0.2) is 0 Å². The zero-order chi connectivity index (χ0) is 13.2. The highest BCUT2D eigenvalue weighted by Gasteiger charge is 2.69. The Balaban J connectivity index is 2.08. The van der Waals surface area contributed by atoms with Crippen LogP contribution in [0.5, 0.6) is 0 Å². The third-order valence-corrected chi connectivity index (χ3v) is 3.51. The van der Waals surface area contributed by atoms with E-state index in [1.807, 2.05) is 0 Å². The topological polar surface area (TPSA) is 65.1 Å². The smallest absolute Gasteiger partial charge is 0.330 e. The van der Waals surface area contributed by atoms with E-state index in [0.717, 1.165) is 19.3 Å². The van der Waals surface area contributed by atoms with E-state index >= 15 is 0 Å². The van der Waals surface area contributed by atoms with Gasteiger partial charge in [0.25, 0.3) is 0 Å². The first-order chi connectivity index (χ1) is 8.57. The Labute approximate surface area is 105 Å². The van der Waals surface area contributed by atoms with Gasteiger partial charge in [-0.1, -0.05) is 0 Å². The Morgan fingerprint density at radius 3 is 1.83 bits per heavy atom. The van der Waals surface area contributed by atoms with Crippen molar-refractivity contribution in [2.24, 2.45) is 0 Å². The first-order valence-corrected chi connectivity index (χ1v) is 5.82. The van der Waals surface area contributed by atoms with Gasteiger partial charge in [-0.25, -0.2) is 9.59 Å². The maximum Gasteiger partial charge on any atom is 0.330 e. The summed E-state index contributed by atoms with van der Waals surface area (Å²) < 4.78 is 14.8. The van der Waals surface area contributed by atoms with E-state index in [0.29, 0.717) is 0 Å². The van der Waals surface area contributed by atoms with E-state index in [2.05, 4.69) is 9.47 Å². The molecule has 5 nitrogen and oxygen atoms in total. The Hall–Kier alpha value is -1.62. The number of hydrogen-bond donors (Lipinski definition) is 0. The minimum absolute atomic E-state index is 0.405. The number of methoxy groups -OCH3 is 2. The van der Waals surface area contributed by atoms with Crippen molar-refractivity contribution in [3.8, 4) is 0 Å². The molecule has 0 aromatic rings. The van der Waals surface area contributed by atoms with Crippen molar-refractivity contribution < 1.29 is 23.8 Å². The van der Waals surface area contributed by atoms with Gasteiger partial charge in [0.05, 0.1) is 14.2 Å². The number of esters is 2. The molecule has 1 heterocycles. The zero-order valence-corrected chi connectivity index (χ0v) is 10.5. The van der Waals surface area contributed by atoms with E-state index in [4.69, 9.17) is 4.74 Å². The molecule has 0 amide bonds. The number of hydrogen-bond acceptors (Lipinski definition) is 5. The SMILES string of the molecule is COC(=O)/C=C/[C@@]12CCC[C@]1(/C=C/C(=O)OC)O2. The molecule has 0 aromatic heterocycles. The summed E-state index contributed by atoms with van der Waals surface area (Å²) in [5.41, 5.74) is -0.905. The molecule has 1 saturated heterocycles. The predicted molar refractivity (Wildman–Crippen MR) is 62.7 cm³/mol. The monoisotopic (exact) mass is 252 g/mol. The third-order valence-electron chi connectivity index (χ3n) is 3.51. The molecule has 0 spiro atoms. The lowest BCUT2D eigenvalue weighted by molar-refractivity contribution is -0.135. The second-order valence-electron chi connectivity index (χ2n) is 4.45. The second kappa shape index (κ2) is 4.57. The van der Waals surface area contributed by atoms with E-state index in [9.17, 15) is 9.59 Å². The summed E-state index contributed by atoms with van der Waals surface area (Å²) in [5.74, 6) is -0.810. The predicted octanol–water partition coefficient (Wildman–Crippen LogP) is 1.14. The lowest BCUT2D eigenvalue weighted by atomic mass is 9.95. The third kappa shape index (κ3) is 2.06. The van der Waals surface area contributed by atoms with Gasteiger partial charge in [0, 0.05) is 12.2 Å². The summed E-state index contributed by atoms with van der Waals surface area (Å²) in [6, 6.07) is 0. The van der Waals surface area contributed by atoms with Gasteiger partial charge in [0.1, 0.15) is 11.2 Å². The molecule has 2 atom stereocenters. The van der Waals surface area contributed by atoms with Crippen molar-refractivity contribution in [1.82, 2.24) is 0 Å². The summed E-state index contributed by atoms with van der Waals surface area (Å²) in [5, 5.41) is 0. The first kappa shape index (κ1) is 12.8. The Morgan fingerprint density at radius 1 is 1.00 bits per heavy atom. The molecule has 98 valence electrons. The van der Waals surface area contributed by atoms with Gasteiger partial charge in [-0.3, -0.25) is 0 Å². The van der Waals surface area contributed by atoms with Gasteiger partial charge in [-0.05, 0) is 31.4 Å². The fourth-order valence-corrected chi connectivity index (χ4v) is 2.50. The van der Waals surface area contributed by atoms with Crippen LogP contribution in [-0.4, -0.2) is 37.4 Å². The van der Waals surface area contributed by atoms with Crippen molar-refractivity contribution in [2.75, 3.05) is 14.2 Å². The maximum atomic E-state index is 11.1. The molecule has 18 heavy (non-hydrogen) atoms. The number of fused-ring (bicyclic) bond motifs is 1. The molecule has 1 aliphatic carbocycles. The van der Waals surface area contributed by atoms with Crippen molar-refractivity contribution in [1.29, 1.82) is 0 Å². The normalized spacial score (nSPS) is 33.7. The summed E-state index contributed by atoms with van der Waals surface area (Å²) >= 11 is 0. The lowest BCUT2D eigenvalue weighted by Gasteiger charge is -2.02. The number of rotatable bonds is 4. The van der Waals surface area contributed by atoms with Crippen molar-refractivity contribution >= 4 is 11.9 Å². The Bertz CT molecular complexity index is 387. The molecule has 0 N–H and O–H groups in total. The van der Waals surface area contributed by atoms with Crippen LogP contribution in [-0.2, 0) is 23.8 Å². The largest absolute Gasteiger partial charge is 0.466 e. The molecule has 0 unspecified atom stereocenters. The van der Waals surface area contributed by atoms with E-state index in [1.54, 1.807) is 12.2 Å². The van der Waals surface area contributed by atoms with Crippen LogP contribution in [0.2, 0.25) is 0 Å². The average molecular weight is 252 g/mol. The minimum atomic E-state index is -0.453. The molecule has 2 rings (SSSR count). The van der Waals surface area contributed by atoms with Crippen LogP contribution in [0.1, 0.15) is 19.3 Å². The van der Waals surface area contributed by atoms with Gasteiger partial charge in [0.2, 0.25) is 0 Å². The zero-order valence-electron chi connectivity index (χ0n) is 10.5. The minimum Gasteiger partial charge on any atom is -0.466 e. The number of carbonyl (C=O) groups is 2. The fraction of sp³-hybridized carbons (Fsp3) is 0.538. The van der Waals surface area contributed by atoms with Gasteiger partial charge in [-0.15, -0.1) is 0 Å². The lowest BCUT2D eigenvalue weighted by Crippen LogP contribution is -2.16. The standard InChI is InChI=1S/C13H16O5/c1-16-10(14)4-8-12-6-3-7-13(12,18-12)9-5-11(15)17-2/h4-5,8-9H,3,6-7H2,1-2H3/b8-4+,9-5+/t12-,13+.